The van der Waals surface area contributed by atoms with E-state index in [4.69, 9.17) is 46.8 Å². The first kappa shape index (κ1) is 30.5. The van der Waals surface area contributed by atoms with Crippen molar-refractivity contribution < 1.29 is 23.4 Å². The van der Waals surface area contributed by atoms with Gasteiger partial charge in [0.15, 0.2) is 16.3 Å². The van der Waals surface area contributed by atoms with Gasteiger partial charge in [0.25, 0.3) is 5.56 Å². The molecular weight excluding hydrogens is 635 g/mol. The van der Waals surface area contributed by atoms with E-state index >= 15 is 0 Å². The Bertz CT molecular complexity index is 2130. The topological polar surface area (TPSA) is 92.3 Å². The molecule has 6 rings (SSSR count). The molecule has 5 aromatic rings. The molecular formula is C34H26Cl2N2O6S. The van der Waals surface area contributed by atoms with Crippen molar-refractivity contribution in [1.82, 2.24) is 4.57 Å². The highest BCUT2D eigenvalue weighted by Gasteiger charge is 2.35. The molecule has 8 nitrogen and oxygen atoms in total. The number of methoxy groups -OCH3 is 2. The number of nitrogens with zero attached hydrogens (tertiary/aromatic N) is 2. The molecule has 0 bridgehead atoms. The van der Waals surface area contributed by atoms with Crippen LogP contribution in [0.25, 0.3) is 23.1 Å². The third-order valence-electron chi connectivity index (χ3n) is 7.20. The molecule has 0 amide bonds. The van der Waals surface area contributed by atoms with Crippen LogP contribution in [0.1, 0.15) is 29.9 Å². The number of ether oxygens (including phenoxy) is 3. The molecule has 0 radical (unpaired) electrons. The van der Waals surface area contributed by atoms with E-state index < -0.39 is 12.0 Å². The predicted molar refractivity (Wildman–Crippen MR) is 175 cm³/mol. The van der Waals surface area contributed by atoms with Gasteiger partial charge in [-0.3, -0.25) is 9.36 Å². The maximum atomic E-state index is 14.2. The normalized spacial score (nSPS) is 14.6. The number of furan rings is 1. The summed E-state index contributed by atoms with van der Waals surface area (Å²) in [7, 11) is 3.07. The van der Waals surface area contributed by atoms with E-state index in [0.29, 0.717) is 59.2 Å². The summed E-state index contributed by atoms with van der Waals surface area (Å²) < 4.78 is 24.5. The lowest BCUT2D eigenvalue weighted by molar-refractivity contribution is -0.138. The molecule has 0 N–H and O–H groups in total. The van der Waals surface area contributed by atoms with Crippen LogP contribution in [-0.4, -0.2) is 31.4 Å². The van der Waals surface area contributed by atoms with Crippen molar-refractivity contribution in [3.63, 3.8) is 0 Å². The smallest absolute Gasteiger partial charge is 0.338 e. The van der Waals surface area contributed by atoms with E-state index in [9.17, 15) is 9.59 Å². The Hall–Kier alpha value is -4.57. The SMILES string of the molecule is CCOC(=O)C1=C(c2ccccc2)N=c2s/c(=C\c3ccc(-c4ccc(Cl)c(Cl)c4)o3)c(=O)n2[C@H]1c1ccc(OC)c(OC)c1. The number of carbonyl (C=O) groups excluding carboxylic acids is 1. The first-order valence-electron chi connectivity index (χ1n) is 13.9. The molecule has 45 heavy (non-hydrogen) atoms. The van der Waals surface area contributed by atoms with Crippen LogP contribution >= 0.6 is 34.5 Å². The van der Waals surface area contributed by atoms with Gasteiger partial charge in [-0.25, -0.2) is 9.79 Å². The average molecular weight is 662 g/mol. The molecule has 0 unspecified atom stereocenters. The van der Waals surface area contributed by atoms with Gasteiger partial charge in [0.1, 0.15) is 11.5 Å². The highest BCUT2D eigenvalue weighted by molar-refractivity contribution is 7.07. The molecule has 1 atom stereocenters. The van der Waals surface area contributed by atoms with Crippen molar-refractivity contribution in [2.24, 2.45) is 4.99 Å². The Labute approximate surface area is 272 Å². The van der Waals surface area contributed by atoms with Crippen LogP contribution in [0.2, 0.25) is 10.0 Å². The average Bonchev–Trinajstić information content (AvgIpc) is 3.65. The molecule has 228 valence electrons. The van der Waals surface area contributed by atoms with Crippen molar-refractivity contribution in [2.45, 2.75) is 13.0 Å². The minimum Gasteiger partial charge on any atom is -0.493 e. The minimum absolute atomic E-state index is 0.146. The van der Waals surface area contributed by atoms with E-state index in [2.05, 4.69) is 0 Å². The molecule has 3 heterocycles. The second kappa shape index (κ2) is 12.8. The van der Waals surface area contributed by atoms with Gasteiger partial charge in [-0.1, -0.05) is 70.9 Å². The fourth-order valence-corrected chi connectivity index (χ4v) is 6.42. The van der Waals surface area contributed by atoms with Gasteiger partial charge in [0, 0.05) is 17.2 Å². The monoisotopic (exact) mass is 660 g/mol. The van der Waals surface area contributed by atoms with Gasteiger partial charge < -0.3 is 18.6 Å². The van der Waals surface area contributed by atoms with Gasteiger partial charge in [0.2, 0.25) is 0 Å². The Morgan fingerprint density at radius 3 is 2.44 bits per heavy atom. The first-order chi connectivity index (χ1) is 21.8. The van der Waals surface area contributed by atoms with Crippen molar-refractivity contribution >= 4 is 52.3 Å². The standard InChI is InChI=1S/C34H26Cl2N2O6S/c1-4-43-33(40)29-30(19-8-6-5-7-9-19)37-34-38(31(29)21-11-14-26(41-2)27(17-21)42-3)32(39)28(45-34)18-22-12-15-25(44-22)20-10-13-23(35)24(36)16-20/h5-18,31H,4H2,1-3H3/b28-18-/t31-/m0/s1. The predicted octanol–water partition coefficient (Wildman–Crippen LogP) is 6.52. The summed E-state index contributed by atoms with van der Waals surface area (Å²) in [6.07, 6.45) is 1.66. The third-order valence-corrected chi connectivity index (χ3v) is 8.92. The molecule has 1 aliphatic heterocycles. The van der Waals surface area contributed by atoms with E-state index in [1.165, 1.54) is 23.0 Å². The maximum Gasteiger partial charge on any atom is 0.338 e. The summed E-state index contributed by atoms with van der Waals surface area (Å²) in [4.78, 5) is 33.2. The van der Waals surface area contributed by atoms with Gasteiger partial charge in [-0.2, -0.15) is 0 Å². The Morgan fingerprint density at radius 2 is 1.73 bits per heavy atom. The van der Waals surface area contributed by atoms with Crippen LogP contribution in [0.15, 0.2) is 98.6 Å². The summed E-state index contributed by atoms with van der Waals surface area (Å²) in [5.74, 6) is 1.40. The highest BCUT2D eigenvalue weighted by atomic mass is 35.5. The summed E-state index contributed by atoms with van der Waals surface area (Å²) >= 11 is 13.5. The van der Waals surface area contributed by atoms with E-state index in [1.807, 2.05) is 30.3 Å². The van der Waals surface area contributed by atoms with Gasteiger partial charge >= 0.3 is 5.97 Å². The van der Waals surface area contributed by atoms with Crippen LogP contribution in [0, 0.1) is 0 Å². The first-order valence-corrected chi connectivity index (χ1v) is 15.5. The lowest BCUT2D eigenvalue weighted by Gasteiger charge is -2.26. The van der Waals surface area contributed by atoms with Crippen LogP contribution in [0.3, 0.4) is 0 Å². The van der Waals surface area contributed by atoms with Crippen LogP contribution in [0.4, 0.5) is 0 Å². The number of hydrogen-bond acceptors (Lipinski definition) is 8. The number of benzene rings is 3. The van der Waals surface area contributed by atoms with E-state index in [1.54, 1.807) is 68.6 Å². The fourth-order valence-electron chi connectivity index (χ4n) is 5.14. The summed E-state index contributed by atoms with van der Waals surface area (Å²) in [6.45, 7) is 1.88. The van der Waals surface area contributed by atoms with Gasteiger partial charge in [-0.05, 0) is 55.0 Å². The number of esters is 1. The number of fused-ring (bicyclic) bond motifs is 1. The van der Waals surface area contributed by atoms with Crippen LogP contribution < -0.4 is 24.4 Å². The van der Waals surface area contributed by atoms with Gasteiger partial charge in [-0.15, -0.1) is 0 Å². The minimum atomic E-state index is -0.874. The van der Waals surface area contributed by atoms with Gasteiger partial charge in [0.05, 0.1) is 52.7 Å². The molecule has 1 aliphatic rings. The number of hydrogen-bond donors (Lipinski definition) is 0. The molecule has 0 fully saturated rings. The van der Waals surface area contributed by atoms with E-state index in [-0.39, 0.29) is 17.7 Å². The number of aromatic nitrogens is 1. The second-order valence-corrected chi connectivity index (χ2v) is 11.7. The molecule has 0 saturated carbocycles. The van der Waals surface area contributed by atoms with Crippen molar-refractivity contribution in [3.8, 4) is 22.8 Å². The van der Waals surface area contributed by atoms with Crippen molar-refractivity contribution in [1.29, 1.82) is 0 Å². The van der Waals surface area contributed by atoms with Crippen LogP contribution in [0.5, 0.6) is 11.5 Å². The molecule has 0 aliphatic carbocycles. The molecule has 11 heteroatoms. The molecule has 3 aromatic carbocycles. The lowest BCUT2D eigenvalue weighted by atomic mass is 9.93. The molecule has 0 saturated heterocycles. The number of halogens is 2. The van der Waals surface area contributed by atoms with Crippen LogP contribution in [-0.2, 0) is 9.53 Å². The summed E-state index contributed by atoms with van der Waals surface area (Å²) in [6, 6.07) is 22.5. The highest BCUT2D eigenvalue weighted by Crippen LogP contribution is 2.38. The zero-order valence-electron chi connectivity index (χ0n) is 24.4. The van der Waals surface area contributed by atoms with Crippen molar-refractivity contribution in [3.05, 3.63) is 131 Å². The Morgan fingerprint density at radius 1 is 0.956 bits per heavy atom. The zero-order chi connectivity index (χ0) is 31.7. The molecule has 2 aromatic heterocycles. The number of thiazole rings is 1. The number of carbonyl (C=O) groups is 1. The Kier molecular flexibility index (Phi) is 8.67. The summed E-state index contributed by atoms with van der Waals surface area (Å²) in [5, 5.41) is 0.844. The largest absolute Gasteiger partial charge is 0.493 e. The molecule has 0 spiro atoms. The summed E-state index contributed by atoms with van der Waals surface area (Å²) in [5.41, 5.74) is 2.37. The van der Waals surface area contributed by atoms with Crippen molar-refractivity contribution in [2.75, 3.05) is 20.8 Å². The van der Waals surface area contributed by atoms with E-state index in [0.717, 1.165) is 5.56 Å². The zero-order valence-corrected chi connectivity index (χ0v) is 26.7. The lowest BCUT2D eigenvalue weighted by Crippen LogP contribution is -2.40. The fraction of sp³-hybridized carbons (Fsp3) is 0.147. The second-order valence-electron chi connectivity index (χ2n) is 9.88. The number of rotatable bonds is 8. The maximum absolute atomic E-state index is 14.2. The quantitative estimate of drug-likeness (QED) is 0.176. The third kappa shape index (κ3) is 5.82. The Balaban J connectivity index is 1.57.